The van der Waals surface area contributed by atoms with Crippen molar-refractivity contribution in [2.24, 2.45) is 0 Å². The molecule has 1 unspecified atom stereocenters. The Morgan fingerprint density at radius 1 is 0.906 bits per heavy atom. The van der Waals surface area contributed by atoms with Crippen molar-refractivity contribution in [1.82, 2.24) is 0 Å². The van der Waals surface area contributed by atoms with E-state index in [0.29, 0.717) is 26.2 Å². The van der Waals surface area contributed by atoms with Gasteiger partial charge in [-0.2, -0.15) is 0 Å². The van der Waals surface area contributed by atoms with E-state index in [1.54, 1.807) is 24.3 Å². The smallest absolute Gasteiger partial charge is 0.232 e. The number of hydrogen-bond acceptors (Lipinski definition) is 7. The van der Waals surface area contributed by atoms with Crippen LogP contribution < -0.4 is 0 Å². The Hall–Kier alpha value is -0.680. The first-order chi connectivity index (χ1) is 14.8. The Bertz CT molecular complexity index is 985. The van der Waals surface area contributed by atoms with Gasteiger partial charge in [-0.25, -0.2) is 0 Å². The van der Waals surface area contributed by atoms with Gasteiger partial charge >= 0.3 is 0 Å². The van der Waals surface area contributed by atoms with Gasteiger partial charge in [-0.3, -0.25) is 0 Å². The zero-order chi connectivity index (χ0) is 23.9. The number of rotatable bonds is 7. The van der Waals surface area contributed by atoms with Crippen molar-refractivity contribution in [2.45, 2.75) is 56.6 Å². The number of aliphatic hydroxyl groups is 4. The lowest BCUT2D eigenvalue weighted by Gasteiger charge is -2.40. The molecule has 3 rings (SSSR count). The van der Waals surface area contributed by atoms with E-state index in [9.17, 15) is 20.4 Å². The summed E-state index contributed by atoms with van der Waals surface area (Å²) in [6.45, 7) is 1.76. The minimum Gasteiger partial charge on any atom is -0.379 e. The van der Waals surface area contributed by atoms with Crippen LogP contribution in [0.3, 0.4) is 0 Å². The summed E-state index contributed by atoms with van der Waals surface area (Å²) in [4.78, 5) is 0. The molecule has 32 heavy (non-hydrogen) atoms. The molecular formula is C21H22Cl4O7. The van der Waals surface area contributed by atoms with Crippen LogP contribution in [0, 0.1) is 0 Å². The molecule has 1 saturated heterocycles. The summed E-state index contributed by atoms with van der Waals surface area (Å²) < 4.78 is 16.4. The van der Waals surface area contributed by atoms with E-state index < -0.39 is 29.6 Å². The predicted molar refractivity (Wildman–Crippen MR) is 120 cm³/mol. The summed E-state index contributed by atoms with van der Waals surface area (Å²) in [5.41, 5.74) is -1.43. The van der Waals surface area contributed by atoms with Gasteiger partial charge in [0.1, 0.15) is 0 Å². The second kappa shape index (κ2) is 9.52. The summed E-state index contributed by atoms with van der Waals surface area (Å²) >= 11 is 24.0. The quantitative estimate of drug-likeness (QED) is 0.404. The fourth-order valence-electron chi connectivity index (χ4n) is 3.25. The SMILES string of the molecule is C[C@]1(O)[C@@](C)(O)O[C@H](C(O)OCc2ccc(Cl)cc2Cl)[C@]1(O)OCc1ccc(Cl)cc1Cl. The zero-order valence-electron chi connectivity index (χ0n) is 17.1. The van der Waals surface area contributed by atoms with E-state index in [4.69, 9.17) is 60.6 Å². The molecule has 0 aliphatic carbocycles. The Morgan fingerprint density at radius 3 is 1.91 bits per heavy atom. The number of hydrogen-bond donors (Lipinski definition) is 4. The molecule has 11 heteroatoms. The Balaban J connectivity index is 1.81. The normalized spacial score (nSPS) is 31.1. The molecule has 1 aliphatic heterocycles. The second-order valence-corrected chi connectivity index (χ2v) is 9.44. The van der Waals surface area contributed by atoms with Crippen molar-refractivity contribution in [1.29, 1.82) is 0 Å². The average molecular weight is 528 g/mol. The van der Waals surface area contributed by atoms with E-state index in [2.05, 4.69) is 0 Å². The predicted octanol–water partition coefficient (Wildman–Crippen LogP) is 3.90. The van der Waals surface area contributed by atoms with Crippen molar-refractivity contribution in [3.8, 4) is 0 Å². The van der Waals surface area contributed by atoms with Crippen LogP contribution in [0.15, 0.2) is 36.4 Å². The van der Waals surface area contributed by atoms with Gasteiger partial charge in [-0.05, 0) is 49.2 Å². The van der Waals surface area contributed by atoms with E-state index in [1.165, 1.54) is 12.1 Å². The lowest BCUT2D eigenvalue weighted by atomic mass is 9.87. The molecule has 7 nitrogen and oxygen atoms in total. The van der Waals surface area contributed by atoms with Crippen LogP contribution in [0.1, 0.15) is 25.0 Å². The summed E-state index contributed by atoms with van der Waals surface area (Å²) in [7, 11) is 0. The molecule has 2 aromatic carbocycles. The van der Waals surface area contributed by atoms with Gasteiger partial charge in [0.05, 0.1) is 13.2 Å². The second-order valence-electron chi connectivity index (χ2n) is 7.75. The summed E-state index contributed by atoms with van der Waals surface area (Å²) in [5.74, 6) is -4.89. The van der Waals surface area contributed by atoms with Gasteiger partial charge in [0, 0.05) is 20.1 Å². The molecular weight excluding hydrogens is 506 g/mol. The first kappa shape index (κ1) is 25.9. The van der Waals surface area contributed by atoms with E-state index in [0.717, 1.165) is 13.8 Å². The third-order valence-electron chi connectivity index (χ3n) is 5.49. The largest absolute Gasteiger partial charge is 0.379 e. The van der Waals surface area contributed by atoms with Crippen LogP contribution in [0.25, 0.3) is 0 Å². The van der Waals surface area contributed by atoms with Crippen LogP contribution in [-0.4, -0.2) is 50.0 Å². The van der Waals surface area contributed by atoms with E-state index >= 15 is 0 Å². The Kier molecular flexibility index (Phi) is 7.72. The van der Waals surface area contributed by atoms with Gasteiger partial charge in [-0.1, -0.05) is 58.5 Å². The molecule has 1 fully saturated rings. The minimum atomic E-state index is -2.59. The molecule has 5 atom stereocenters. The highest BCUT2D eigenvalue weighted by atomic mass is 35.5. The monoisotopic (exact) mass is 526 g/mol. The van der Waals surface area contributed by atoms with Crippen LogP contribution in [-0.2, 0) is 27.4 Å². The standard InChI is InChI=1S/C21H22Cl4O7/c1-19(27)20(2,28)32-17(18(26)30-9-11-3-5-13(22)7-15(11)24)21(19,29)31-10-12-4-6-14(23)8-16(12)25/h3-8,17-18,26-29H,9-10H2,1-2H3/t17-,18?,19+,20+,21+/m1/s1. The molecule has 0 aromatic heterocycles. The molecule has 0 spiro atoms. The van der Waals surface area contributed by atoms with Crippen molar-refractivity contribution in [2.75, 3.05) is 0 Å². The highest BCUT2D eigenvalue weighted by Gasteiger charge is 2.72. The fourth-order valence-corrected chi connectivity index (χ4v) is 4.18. The summed E-state index contributed by atoms with van der Waals surface area (Å²) in [6, 6.07) is 9.32. The van der Waals surface area contributed by atoms with E-state index in [1.807, 2.05) is 0 Å². The van der Waals surface area contributed by atoms with Gasteiger partial charge in [0.2, 0.25) is 5.79 Å². The van der Waals surface area contributed by atoms with E-state index in [-0.39, 0.29) is 18.2 Å². The molecule has 0 amide bonds. The lowest BCUT2D eigenvalue weighted by molar-refractivity contribution is -0.330. The molecule has 0 bridgehead atoms. The topological polar surface area (TPSA) is 109 Å². The van der Waals surface area contributed by atoms with Gasteiger partial charge in [0.15, 0.2) is 23.8 Å². The molecule has 176 valence electrons. The van der Waals surface area contributed by atoms with Gasteiger partial charge < -0.3 is 34.6 Å². The zero-order valence-corrected chi connectivity index (χ0v) is 20.1. The van der Waals surface area contributed by atoms with Crippen LogP contribution in [0.4, 0.5) is 0 Å². The maximum atomic E-state index is 11.3. The molecule has 0 radical (unpaired) electrons. The summed E-state index contributed by atoms with van der Waals surface area (Å²) in [5, 5.41) is 44.8. The van der Waals surface area contributed by atoms with Crippen LogP contribution in [0.2, 0.25) is 20.1 Å². The first-order valence-electron chi connectivity index (χ1n) is 9.45. The molecule has 1 heterocycles. The molecule has 2 aromatic rings. The minimum absolute atomic E-state index is 0.180. The number of halogens is 4. The molecule has 1 aliphatic rings. The van der Waals surface area contributed by atoms with Crippen LogP contribution >= 0.6 is 46.4 Å². The average Bonchev–Trinajstić information content (AvgIpc) is 2.83. The maximum absolute atomic E-state index is 11.3. The highest BCUT2D eigenvalue weighted by molar-refractivity contribution is 6.35. The number of aliphatic hydroxyl groups excluding tert-OH is 1. The number of benzene rings is 2. The van der Waals surface area contributed by atoms with Gasteiger partial charge in [-0.15, -0.1) is 0 Å². The lowest BCUT2D eigenvalue weighted by Crippen LogP contribution is -2.63. The van der Waals surface area contributed by atoms with Crippen molar-refractivity contribution in [3.05, 3.63) is 67.6 Å². The Morgan fingerprint density at radius 2 is 1.41 bits per heavy atom. The highest BCUT2D eigenvalue weighted by Crippen LogP contribution is 2.48. The Labute approximate surface area is 204 Å². The van der Waals surface area contributed by atoms with Gasteiger partial charge in [0.25, 0.3) is 0 Å². The maximum Gasteiger partial charge on any atom is 0.232 e. The molecule has 4 N–H and O–H groups in total. The van der Waals surface area contributed by atoms with Crippen LogP contribution in [0.5, 0.6) is 0 Å². The molecule has 0 saturated carbocycles. The van der Waals surface area contributed by atoms with Crippen molar-refractivity contribution in [3.63, 3.8) is 0 Å². The number of ether oxygens (including phenoxy) is 3. The first-order valence-corrected chi connectivity index (χ1v) is 11.0. The third-order valence-corrected chi connectivity index (χ3v) is 6.66. The van der Waals surface area contributed by atoms with Crippen molar-refractivity contribution < 1.29 is 34.6 Å². The van der Waals surface area contributed by atoms with Crippen molar-refractivity contribution >= 4 is 46.4 Å². The fraction of sp³-hybridized carbons (Fsp3) is 0.429. The third kappa shape index (κ3) is 4.89. The summed E-state index contributed by atoms with van der Waals surface area (Å²) in [6.07, 6.45) is -3.53.